The molecule has 5 nitrogen and oxygen atoms in total. The molecule has 12 rings (SSSR count). The van der Waals surface area contributed by atoms with Crippen LogP contribution in [-0.2, 0) is 0 Å². The van der Waals surface area contributed by atoms with Gasteiger partial charge in [0.15, 0.2) is 17.5 Å². The van der Waals surface area contributed by atoms with Gasteiger partial charge in [0, 0.05) is 58.7 Å². The summed E-state index contributed by atoms with van der Waals surface area (Å²) in [5.74, 6) is 1.85. The lowest BCUT2D eigenvalue weighted by molar-refractivity contribution is 0.669. The Morgan fingerprint density at radius 3 is 1.74 bits per heavy atom. The quantitative estimate of drug-likeness (QED) is 0.176. The monoisotopic (exact) mass is 746 g/mol. The second-order valence-corrected chi connectivity index (χ2v) is 15.5. The van der Waals surface area contributed by atoms with E-state index in [-0.39, 0.29) is 0 Å². The standard InChI is InChI=1S/C51H30N4OS/c1-3-11-31(12-4-1)32-19-21-33(22-20-32)49-52-50(54-51(53-49)35-24-28-46-40(29-35)38-16-8-10-18-45(38)57-46)34-23-26-43-41(30-34)47-44(56-43)27-25-39-37-15-7-9-17-42(37)55(48(39)47)36-13-5-2-6-14-36/h1-30H. The van der Waals surface area contributed by atoms with Gasteiger partial charge in [-0.05, 0) is 83.9 Å². The molecule has 0 spiro atoms. The number of fused-ring (bicyclic) bond motifs is 10. The third-order valence-corrected chi connectivity index (χ3v) is 12.2. The van der Waals surface area contributed by atoms with E-state index in [4.69, 9.17) is 19.4 Å². The zero-order valence-corrected chi connectivity index (χ0v) is 31.2. The molecule has 0 aliphatic carbocycles. The fraction of sp³-hybridized carbons (Fsp3) is 0. The minimum Gasteiger partial charge on any atom is -0.456 e. The van der Waals surface area contributed by atoms with Crippen molar-refractivity contribution in [3.8, 4) is 51.0 Å². The molecular formula is C51H30N4OS. The molecule has 0 aliphatic rings. The van der Waals surface area contributed by atoms with E-state index in [1.165, 1.54) is 36.5 Å². The van der Waals surface area contributed by atoms with Crippen LogP contribution in [-0.4, -0.2) is 19.5 Å². The Morgan fingerprint density at radius 2 is 0.947 bits per heavy atom. The first-order chi connectivity index (χ1) is 28.2. The van der Waals surface area contributed by atoms with Crippen molar-refractivity contribution in [3.05, 3.63) is 182 Å². The third-order valence-electron chi connectivity index (χ3n) is 11.1. The largest absolute Gasteiger partial charge is 0.456 e. The number of thiophene rings is 1. The normalized spacial score (nSPS) is 11.9. The summed E-state index contributed by atoms with van der Waals surface area (Å²) in [5.41, 5.74) is 10.1. The van der Waals surface area contributed by atoms with E-state index in [9.17, 15) is 0 Å². The van der Waals surface area contributed by atoms with Crippen LogP contribution >= 0.6 is 11.3 Å². The summed E-state index contributed by atoms with van der Waals surface area (Å²) in [4.78, 5) is 15.5. The number of hydrogen-bond donors (Lipinski definition) is 0. The summed E-state index contributed by atoms with van der Waals surface area (Å²) < 4.78 is 11.4. The van der Waals surface area contributed by atoms with Gasteiger partial charge in [0.2, 0.25) is 0 Å². The van der Waals surface area contributed by atoms with E-state index in [1.807, 2.05) is 12.1 Å². The van der Waals surface area contributed by atoms with Crippen molar-refractivity contribution >= 4 is 75.3 Å². The molecule has 0 saturated heterocycles. The average molecular weight is 747 g/mol. The average Bonchev–Trinajstić information content (AvgIpc) is 3.96. The number of para-hydroxylation sites is 2. The van der Waals surface area contributed by atoms with Crippen molar-refractivity contribution in [2.24, 2.45) is 0 Å². The molecule has 0 amide bonds. The van der Waals surface area contributed by atoms with E-state index >= 15 is 0 Å². The highest BCUT2D eigenvalue weighted by molar-refractivity contribution is 7.25. The molecule has 12 aromatic rings. The number of nitrogens with zero attached hydrogens (tertiary/aromatic N) is 4. The van der Waals surface area contributed by atoms with Gasteiger partial charge in [-0.3, -0.25) is 0 Å². The van der Waals surface area contributed by atoms with Crippen molar-refractivity contribution < 1.29 is 4.42 Å². The molecule has 0 bridgehead atoms. The van der Waals surface area contributed by atoms with Crippen molar-refractivity contribution in [1.82, 2.24) is 19.5 Å². The van der Waals surface area contributed by atoms with Gasteiger partial charge in [-0.2, -0.15) is 0 Å². The highest BCUT2D eigenvalue weighted by atomic mass is 32.1. The van der Waals surface area contributed by atoms with Crippen molar-refractivity contribution in [2.75, 3.05) is 0 Å². The van der Waals surface area contributed by atoms with Gasteiger partial charge in [0.25, 0.3) is 0 Å². The Bertz CT molecular complexity index is 3510. The van der Waals surface area contributed by atoms with Gasteiger partial charge in [0.05, 0.1) is 16.4 Å². The second-order valence-electron chi connectivity index (χ2n) is 14.4. The minimum atomic E-state index is 0.601. The van der Waals surface area contributed by atoms with Crippen LogP contribution < -0.4 is 0 Å². The molecule has 4 aromatic heterocycles. The van der Waals surface area contributed by atoms with Crippen molar-refractivity contribution in [3.63, 3.8) is 0 Å². The van der Waals surface area contributed by atoms with Gasteiger partial charge >= 0.3 is 0 Å². The fourth-order valence-corrected chi connectivity index (χ4v) is 9.46. The lowest BCUT2D eigenvalue weighted by atomic mass is 10.0. The number of benzene rings is 8. The molecule has 57 heavy (non-hydrogen) atoms. The number of rotatable bonds is 5. The smallest absolute Gasteiger partial charge is 0.164 e. The lowest BCUT2D eigenvalue weighted by Gasteiger charge is -2.10. The zero-order valence-electron chi connectivity index (χ0n) is 30.4. The number of hydrogen-bond acceptors (Lipinski definition) is 5. The molecule has 0 aliphatic heterocycles. The van der Waals surface area contributed by atoms with E-state index in [0.29, 0.717) is 17.5 Å². The molecule has 6 heteroatoms. The molecular weight excluding hydrogens is 717 g/mol. The summed E-state index contributed by atoms with van der Waals surface area (Å²) in [6, 6.07) is 63.8. The maximum absolute atomic E-state index is 6.57. The Kier molecular flexibility index (Phi) is 7.03. The minimum absolute atomic E-state index is 0.601. The lowest BCUT2D eigenvalue weighted by Crippen LogP contribution is -2.00. The molecule has 8 aromatic carbocycles. The van der Waals surface area contributed by atoms with E-state index in [1.54, 1.807) is 11.3 Å². The zero-order chi connectivity index (χ0) is 37.5. The topological polar surface area (TPSA) is 56.7 Å². The SMILES string of the molecule is c1ccc(-c2ccc(-c3nc(-c4ccc5sc6ccccc6c5c4)nc(-c4ccc5oc6ccc7c8ccccc8n(-c8ccccc8)c7c6c5c4)n3)cc2)cc1. The summed E-state index contributed by atoms with van der Waals surface area (Å²) in [5, 5.41) is 6.88. The molecule has 0 radical (unpaired) electrons. The molecule has 0 N–H and O–H groups in total. The molecule has 0 fully saturated rings. The molecule has 266 valence electrons. The van der Waals surface area contributed by atoms with Crippen LogP contribution in [0.3, 0.4) is 0 Å². The van der Waals surface area contributed by atoms with E-state index < -0.39 is 0 Å². The first-order valence-corrected chi connectivity index (χ1v) is 19.8. The van der Waals surface area contributed by atoms with Crippen LogP contribution in [0.25, 0.3) is 115 Å². The third kappa shape index (κ3) is 5.12. The molecule has 0 unspecified atom stereocenters. The highest BCUT2D eigenvalue weighted by Crippen LogP contribution is 2.42. The predicted molar refractivity (Wildman–Crippen MR) is 236 cm³/mol. The van der Waals surface area contributed by atoms with E-state index in [2.05, 4.69) is 174 Å². The maximum atomic E-state index is 6.57. The van der Waals surface area contributed by atoms with E-state index in [0.717, 1.165) is 60.9 Å². The summed E-state index contributed by atoms with van der Waals surface area (Å²) in [6.07, 6.45) is 0. The van der Waals surface area contributed by atoms with Gasteiger partial charge in [0.1, 0.15) is 11.2 Å². The maximum Gasteiger partial charge on any atom is 0.164 e. The predicted octanol–water partition coefficient (Wildman–Crippen LogP) is 13.9. The summed E-state index contributed by atoms with van der Waals surface area (Å²) in [7, 11) is 0. The molecule has 0 saturated carbocycles. The summed E-state index contributed by atoms with van der Waals surface area (Å²) >= 11 is 1.81. The number of furan rings is 1. The Hall–Kier alpha value is -7.41. The van der Waals surface area contributed by atoms with Crippen LogP contribution in [0, 0.1) is 0 Å². The van der Waals surface area contributed by atoms with Crippen molar-refractivity contribution in [2.45, 2.75) is 0 Å². The van der Waals surface area contributed by atoms with Gasteiger partial charge in [-0.1, -0.05) is 109 Å². The molecule has 4 heterocycles. The Balaban J connectivity index is 1.08. The van der Waals surface area contributed by atoms with Crippen LogP contribution in [0.1, 0.15) is 0 Å². The first-order valence-electron chi connectivity index (χ1n) is 19.0. The van der Waals surface area contributed by atoms with Crippen molar-refractivity contribution in [1.29, 1.82) is 0 Å². The molecule has 0 atom stereocenters. The van der Waals surface area contributed by atoms with Crippen LogP contribution in [0.4, 0.5) is 0 Å². The van der Waals surface area contributed by atoms with Gasteiger partial charge < -0.3 is 8.98 Å². The van der Waals surface area contributed by atoms with Crippen LogP contribution in [0.2, 0.25) is 0 Å². The van der Waals surface area contributed by atoms with Crippen LogP contribution in [0.15, 0.2) is 186 Å². The Morgan fingerprint density at radius 1 is 0.386 bits per heavy atom. The highest BCUT2D eigenvalue weighted by Gasteiger charge is 2.21. The van der Waals surface area contributed by atoms with Gasteiger partial charge in [-0.15, -0.1) is 11.3 Å². The summed E-state index contributed by atoms with van der Waals surface area (Å²) in [6.45, 7) is 0. The Labute approximate surface area is 330 Å². The first kappa shape index (κ1) is 31.9. The second kappa shape index (κ2) is 12.6. The van der Waals surface area contributed by atoms with Gasteiger partial charge in [-0.25, -0.2) is 15.0 Å². The fourth-order valence-electron chi connectivity index (χ4n) is 8.37. The van der Waals surface area contributed by atoms with Crippen LogP contribution in [0.5, 0.6) is 0 Å². The number of aromatic nitrogens is 4.